The quantitative estimate of drug-likeness (QED) is 0.611. The van der Waals surface area contributed by atoms with Crippen LogP contribution in [0.1, 0.15) is 19.8 Å². The molecule has 0 radical (unpaired) electrons. The van der Waals surface area contributed by atoms with Gasteiger partial charge in [0.25, 0.3) is 0 Å². The molecule has 0 aromatic heterocycles. The van der Waals surface area contributed by atoms with Crippen LogP contribution in [-0.2, 0) is 9.59 Å². The molecule has 0 aromatic carbocycles. The molecule has 4 heteroatoms. The van der Waals surface area contributed by atoms with Gasteiger partial charge in [0.1, 0.15) is 0 Å². The topological polar surface area (TPSA) is 54.4 Å². The molecule has 3 nitrogen and oxygen atoms in total. The van der Waals surface area contributed by atoms with Crippen molar-refractivity contribution in [1.82, 2.24) is 0 Å². The predicted octanol–water partition coefficient (Wildman–Crippen LogP) is 1.45. The highest BCUT2D eigenvalue weighted by Gasteiger charge is 2.11. The predicted molar refractivity (Wildman–Crippen MR) is 45.1 cm³/mol. The molecular weight excluding hydrogens is 247 g/mol. The summed E-state index contributed by atoms with van der Waals surface area (Å²) in [4.78, 5) is 20.6. The van der Waals surface area contributed by atoms with E-state index >= 15 is 0 Å². The van der Waals surface area contributed by atoms with Gasteiger partial charge >= 0.3 is 5.97 Å². The van der Waals surface area contributed by atoms with E-state index in [9.17, 15) is 9.59 Å². The summed E-state index contributed by atoms with van der Waals surface area (Å²) >= 11 is 1.67. The van der Waals surface area contributed by atoms with Crippen LogP contribution < -0.4 is 0 Å². The van der Waals surface area contributed by atoms with Gasteiger partial charge in [0.15, 0.2) is 3.79 Å². The molecule has 0 heterocycles. The fourth-order valence-corrected chi connectivity index (χ4v) is 0.765. The van der Waals surface area contributed by atoms with Gasteiger partial charge in [-0.15, -0.1) is 0 Å². The minimum absolute atomic E-state index is 0.0192. The van der Waals surface area contributed by atoms with E-state index < -0.39 is 11.9 Å². The van der Waals surface area contributed by atoms with Crippen LogP contribution >= 0.6 is 22.6 Å². The normalized spacial score (nSPS) is 12.6. The third kappa shape index (κ3) is 4.72. The summed E-state index contributed by atoms with van der Waals surface area (Å²) in [6, 6.07) is 0. The smallest absolute Gasteiger partial charge is 0.306 e. The van der Waals surface area contributed by atoms with E-state index in [4.69, 9.17) is 5.11 Å². The van der Waals surface area contributed by atoms with Gasteiger partial charge in [-0.2, -0.15) is 0 Å². The molecule has 0 aliphatic heterocycles. The minimum Gasteiger partial charge on any atom is -0.481 e. The van der Waals surface area contributed by atoms with Crippen LogP contribution in [0.4, 0.5) is 0 Å². The molecule has 10 heavy (non-hydrogen) atoms. The second-order valence-corrected chi connectivity index (χ2v) is 3.34. The molecule has 0 aromatic rings. The van der Waals surface area contributed by atoms with E-state index in [0.717, 1.165) is 0 Å². The molecule has 0 saturated heterocycles. The maximum atomic E-state index is 10.4. The number of aliphatic carboxylic acids is 1. The number of carbonyl (C=O) groups excluding carboxylic acids is 1. The van der Waals surface area contributed by atoms with E-state index in [1.165, 1.54) is 0 Å². The lowest BCUT2D eigenvalue weighted by Gasteiger charge is -2.01. The van der Waals surface area contributed by atoms with Crippen molar-refractivity contribution in [3.05, 3.63) is 0 Å². The van der Waals surface area contributed by atoms with Gasteiger partial charge in [0, 0.05) is 6.42 Å². The van der Waals surface area contributed by atoms with Crippen molar-refractivity contribution in [2.75, 3.05) is 0 Å². The summed E-state index contributed by atoms with van der Waals surface area (Å²) in [5.74, 6) is -1.24. The van der Waals surface area contributed by atoms with Gasteiger partial charge < -0.3 is 5.11 Å². The summed E-state index contributed by atoms with van der Waals surface area (Å²) < 4.78 is 0.0192. The van der Waals surface area contributed by atoms with Crippen LogP contribution in [0.15, 0.2) is 0 Å². The number of carbonyl (C=O) groups is 2. The van der Waals surface area contributed by atoms with Crippen LogP contribution in [0.5, 0.6) is 0 Å². The highest BCUT2D eigenvalue weighted by Crippen LogP contribution is 2.07. The summed E-state index contributed by atoms with van der Waals surface area (Å²) in [5, 5.41) is 8.38. The number of rotatable bonds is 4. The Balaban J connectivity index is 3.49. The second-order valence-electron chi connectivity index (χ2n) is 2.13. The molecule has 0 fully saturated rings. The van der Waals surface area contributed by atoms with Crippen molar-refractivity contribution in [2.45, 2.75) is 19.8 Å². The number of carboxylic acids is 1. The first kappa shape index (κ1) is 9.87. The zero-order valence-electron chi connectivity index (χ0n) is 5.63. The number of hydrogen-bond donors (Lipinski definition) is 1. The first-order valence-corrected chi connectivity index (χ1v) is 4.03. The molecular formula is C6H9IO3. The first-order chi connectivity index (χ1) is 4.54. The summed E-state index contributed by atoms with van der Waals surface area (Å²) in [5.41, 5.74) is 0. The lowest BCUT2D eigenvalue weighted by Crippen LogP contribution is -2.09. The number of hydrogen-bond acceptors (Lipinski definition) is 2. The molecule has 0 aliphatic carbocycles. The number of halogens is 1. The molecule has 0 amide bonds. The largest absolute Gasteiger partial charge is 0.481 e. The van der Waals surface area contributed by atoms with Gasteiger partial charge in [-0.1, -0.05) is 6.92 Å². The zero-order chi connectivity index (χ0) is 8.15. The lowest BCUT2D eigenvalue weighted by molar-refractivity contribution is -0.141. The zero-order valence-corrected chi connectivity index (χ0v) is 7.79. The lowest BCUT2D eigenvalue weighted by atomic mass is 10.1. The van der Waals surface area contributed by atoms with Gasteiger partial charge in [0.2, 0.25) is 0 Å². The molecule has 1 atom stereocenters. The standard InChI is InChI=1S/C6H9IO3/c1-4(6(9)10)2-3-5(7)8/h4H,2-3H2,1H3,(H,9,10)/t4-/m1/s1. The average molecular weight is 256 g/mol. The molecule has 0 aliphatic rings. The van der Waals surface area contributed by atoms with Gasteiger partial charge in [-0.3, -0.25) is 9.59 Å². The Morgan fingerprint density at radius 1 is 1.60 bits per heavy atom. The monoisotopic (exact) mass is 256 g/mol. The van der Waals surface area contributed by atoms with Crippen molar-refractivity contribution < 1.29 is 14.7 Å². The Kier molecular flexibility index (Phi) is 4.59. The third-order valence-corrected chi connectivity index (χ3v) is 1.73. The SMILES string of the molecule is C[C@H](CCC(=O)I)C(=O)O. The van der Waals surface area contributed by atoms with E-state index in [1.54, 1.807) is 29.5 Å². The fraction of sp³-hybridized carbons (Fsp3) is 0.667. The Bertz CT molecular complexity index is 144. The Labute approximate surface area is 72.9 Å². The second kappa shape index (κ2) is 4.65. The van der Waals surface area contributed by atoms with E-state index in [2.05, 4.69) is 0 Å². The fourth-order valence-electron chi connectivity index (χ4n) is 0.453. The summed E-state index contributed by atoms with van der Waals surface area (Å²) in [6.07, 6.45) is 0.797. The van der Waals surface area contributed by atoms with Crippen LogP contribution in [0.3, 0.4) is 0 Å². The van der Waals surface area contributed by atoms with Crippen molar-refractivity contribution in [3.8, 4) is 0 Å². The van der Waals surface area contributed by atoms with Gasteiger partial charge in [0.05, 0.1) is 5.92 Å². The van der Waals surface area contributed by atoms with Crippen LogP contribution in [-0.4, -0.2) is 14.9 Å². The summed E-state index contributed by atoms with van der Waals surface area (Å²) in [6.45, 7) is 1.60. The van der Waals surface area contributed by atoms with Gasteiger partial charge in [-0.05, 0) is 29.0 Å². The Morgan fingerprint density at radius 3 is 2.40 bits per heavy atom. The average Bonchev–Trinajstić information content (AvgIpc) is 1.82. The van der Waals surface area contributed by atoms with E-state index in [-0.39, 0.29) is 3.79 Å². The van der Waals surface area contributed by atoms with Crippen molar-refractivity contribution in [1.29, 1.82) is 0 Å². The van der Waals surface area contributed by atoms with Crippen LogP contribution in [0.25, 0.3) is 0 Å². The van der Waals surface area contributed by atoms with Crippen molar-refractivity contribution >= 4 is 32.4 Å². The highest BCUT2D eigenvalue weighted by atomic mass is 127. The molecule has 0 bridgehead atoms. The van der Waals surface area contributed by atoms with Crippen LogP contribution in [0, 0.1) is 5.92 Å². The van der Waals surface area contributed by atoms with Crippen molar-refractivity contribution in [3.63, 3.8) is 0 Å². The molecule has 0 saturated carbocycles. The van der Waals surface area contributed by atoms with Crippen molar-refractivity contribution in [2.24, 2.45) is 5.92 Å². The molecule has 0 rings (SSSR count). The highest BCUT2D eigenvalue weighted by molar-refractivity contribution is 14.1. The van der Waals surface area contributed by atoms with E-state index in [1.807, 2.05) is 0 Å². The van der Waals surface area contributed by atoms with Crippen LogP contribution in [0.2, 0.25) is 0 Å². The number of carboxylic acid groups (broad SMARTS) is 1. The minimum atomic E-state index is -0.836. The Morgan fingerprint density at radius 2 is 2.10 bits per heavy atom. The molecule has 0 spiro atoms. The van der Waals surface area contributed by atoms with E-state index in [0.29, 0.717) is 12.8 Å². The summed E-state index contributed by atoms with van der Waals surface area (Å²) in [7, 11) is 0. The Hall–Kier alpha value is -0.130. The first-order valence-electron chi connectivity index (χ1n) is 2.95. The third-order valence-electron chi connectivity index (χ3n) is 1.20. The molecule has 0 unspecified atom stereocenters. The van der Waals surface area contributed by atoms with Gasteiger partial charge in [-0.25, -0.2) is 0 Å². The maximum absolute atomic E-state index is 10.4. The molecule has 1 N–H and O–H groups in total. The molecule has 58 valence electrons. The maximum Gasteiger partial charge on any atom is 0.306 e.